The minimum absolute atomic E-state index is 0.0177. The lowest BCUT2D eigenvalue weighted by Gasteiger charge is -2.32. The molecule has 0 amide bonds. The molecule has 0 saturated carbocycles. The number of carbonyl (C=O) groups is 1. The maximum atomic E-state index is 13.0. The highest BCUT2D eigenvalue weighted by Gasteiger charge is 2.35. The Morgan fingerprint density at radius 2 is 1.93 bits per heavy atom. The van der Waals surface area contributed by atoms with Crippen LogP contribution in [-0.4, -0.2) is 84.8 Å². The van der Waals surface area contributed by atoms with E-state index in [0.29, 0.717) is 16.3 Å². The van der Waals surface area contributed by atoms with E-state index in [1.807, 2.05) is 19.9 Å². The first-order valence-electron chi connectivity index (χ1n) is 13.4. The number of hydrogen-bond donors (Lipinski definition) is 6. The molecule has 8 atom stereocenters. The van der Waals surface area contributed by atoms with Crippen LogP contribution in [0.15, 0.2) is 58.6 Å². The molecule has 10 heteroatoms. The average molecular weight is 578 g/mol. The van der Waals surface area contributed by atoms with E-state index in [4.69, 9.17) is 4.74 Å². The van der Waals surface area contributed by atoms with Gasteiger partial charge in [0.1, 0.15) is 17.2 Å². The van der Waals surface area contributed by atoms with Gasteiger partial charge in [0.2, 0.25) is 0 Å². The smallest absolute Gasteiger partial charge is 0.334 e. The molecular weight excluding hydrogens is 534 g/mol. The van der Waals surface area contributed by atoms with Crippen LogP contribution in [0.5, 0.6) is 0 Å². The van der Waals surface area contributed by atoms with Gasteiger partial charge in [0.15, 0.2) is 0 Å². The Morgan fingerprint density at radius 3 is 2.58 bits per heavy atom. The first kappa shape index (κ1) is 33.8. The Morgan fingerprint density at radius 1 is 1.23 bits per heavy atom. The van der Waals surface area contributed by atoms with Gasteiger partial charge in [-0.2, -0.15) is 0 Å². The highest BCUT2D eigenvalue weighted by molar-refractivity contribution is 7.09. The summed E-state index contributed by atoms with van der Waals surface area (Å²) in [5, 5.41) is 65.7. The molecule has 0 radical (unpaired) electrons. The predicted molar refractivity (Wildman–Crippen MR) is 155 cm³/mol. The fraction of sp³-hybridized carbons (Fsp3) is 0.533. The van der Waals surface area contributed by atoms with Crippen molar-refractivity contribution < 1.29 is 40.2 Å². The second kappa shape index (κ2) is 16.1. The molecule has 9 nitrogen and oxygen atoms in total. The van der Waals surface area contributed by atoms with E-state index < -0.39 is 54.4 Å². The topological polar surface area (TPSA) is 161 Å². The van der Waals surface area contributed by atoms with Gasteiger partial charge >= 0.3 is 5.97 Å². The summed E-state index contributed by atoms with van der Waals surface area (Å²) in [5.74, 6) is -2.19. The van der Waals surface area contributed by atoms with Crippen LogP contribution < -0.4 is 0 Å². The minimum atomic E-state index is -1.51. The lowest BCUT2D eigenvalue weighted by molar-refractivity contribution is -0.158. The maximum absolute atomic E-state index is 13.0. The van der Waals surface area contributed by atoms with Crippen LogP contribution in [0.2, 0.25) is 0 Å². The molecule has 6 N–H and O–H groups in total. The summed E-state index contributed by atoms with van der Waals surface area (Å²) in [6.07, 6.45) is 4.33. The van der Waals surface area contributed by atoms with Gasteiger partial charge < -0.3 is 35.4 Å². The summed E-state index contributed by atoms with van der Waals surface area (Å²) in [6.45, 7) is 8.29. The molecule has 222 valence electrons. The monoisotopic (exact) mass is 577 g/mol. The first-order chi connectivity index (χ1) is 18.9. The molecule has 1 aromatic rings. The number of rotatable bonds is 7. The number of carbonyl (C=O) groups excluding carboxylic acids is 1. The largest absolute Gasteiger partial charge is 0.456 e. The highest BCUT2D eigenvalue weighted by atomic mass is 32.1. The second-order valence-corrected chi connectivity index (χ2v) is 11.2. The molecule has 0 aromatic carbocycles. The number of cyclic esters (lactones) is 1. The van der Waals surface area contributed by atoms with Crippen molar-refractivity contribution >= 4 is 23.4 Å². The molecule has 1 aliphatic heterocycles. The molecular formula is C30H43NO8S. The average Bonchev–Trinajstić information content (AvgIpc) is 3.37. The number of esters is 1. The van der Waals surface area contributed by atoms with Gasteiger partial charge in [-0.3, -0.25) is 0 Å². The van der Waals surface area contributed by atoms with Gasteiger partial charge in [-0.1, -0.05) is 49.0 Å². The number of hydrogen-bond acceptors (Lipinski definition) is 10. The molecule has 1 aromatic heterocycles. The number of nitrogens with zero attached hydrogens (tertiary/aromatic N) is 1. The fourth-order valence-corrected chi connectivity index (χ4v) is 5.23. The second-order valence-electron chi connectivity index (χ2n) is 10.3. The van der Waals surface area contributed by atoms with E-state index in [1.54, 1.807) is 43.5 Å². The van der Waals surface area contributed by atoms with Crippen LogP contribution in [0.3, 0.4) is 0 Å². The van der Waals surface area contributed by atoms with Crippen LogP contribution in [0.1, 0.15) is 64.1 Å². The molecule has 0 fully saturated rings. The number of fused-ring (bicyclic) bond motifs is 2. The summed E-state index contributed by atoms with van der Waals surface area (Å²) >= 11 is 1.21. The van der Waals surface area contributed by atoms with Crippen molar-refractivity contribution in [3.05, 3.63) is 69.3 Å². The van der Waals surface area contributed by atoms with Crippen molar-refractivity contribution in [2.75, 3.05) is 6.61 Å². The number of aliphatic hydroxyl groups excluding tert-OH is 6. The summed E-state index contributed by atoms with van der Waals surface area (Å²) in [6, 6.07) is 0. The van der Waals surface area contributed by atoms with Crippen molar-refractivity contribution in [1.82, 2.24) is 4.98 Å². The molecule has 1 aliphatic rings. The first-order valence-corrected chi connectivity index (χ1v) is 14.3. The summed E-state index contributed by atoms with van der Waals surface area (Å²) in [4.78, 5) is 17.4. The molecule has 0 aliphatic carbocycles. The van der Waals surface area contributed by atoms with E-state index >= 15 is 0 Å². The number of allylic oxidation sites excluding steroid dienone is 5. The zero-order valence-electron chi connectivity index (χ0n) is 23.7. The highest BCUT2D eigenvalue weighted by Crippen LogP contribution is 2.28. The molecule has 0 spiro atoms. The van der Waals surface area contributed by atoms with Crippen molar-refractivity contribution in [1.29, 1.82) is 0 Å². The zero-order chi connectivity index (χ0) is 30.0. The molecule has 40 heavy (non-hydrogen) atoms. The van der Waals surface area contributed by atoms with Crippen LogP contribution in [-0.2, 0) is 9.53 Å². The maximum Gasteiger partial charge on any atom is 0.334 e. The van der Waals surface area contributed by atoms with Crippen molar-refractivity contribution in [3.8, 4) is 0 Å². The molecule has 2 rings (SSSR count). The third kappa shape index (κ3) is 9.59. The predicted octanol–water partition coefficient (Wildman–Crippen LogP) is 2.79. The number of aromatic nitrogens is 1. The third-order valence-corrected chi connectivity index (χ3v) is 8.03. The SMILES string of the molecule is C/C=C(C)/C=C(\C)C(O)C(C)C(O)C(O)C1CC=CC=CC(O)CC(O)C(CO)c2nc(cs2)C=C(C)C(=O)O1. The minimum Gasteiger partial charge on any atom is -0.456 e. The van der Waals surface area contributed by atoms with Gasteiger partial charge in [0.05, 0.1) is 42.6 Å². The van der Waals surface area contributed by atoms with Crippen molar-refractivity contribution in [2.24, 2.45) is 5.92 Å². The van der Waals surface area contributed by atoms with E-state index in [1.165, 1.54) is 30.4 Å². The number of thiazole rings is 1. The fourth-order valence-electron chi connectivity index (χ4n) is 4.30. The van der Waals surface area contributed by atoms with E-state index in [2.05, 4.69) is 4.98 Å². The molecule has 2 bridgehead atoms. The van der Waals surface area contributed by atoms with Gasteiger partial charge in [0.25, 0.3) is 0 Å². The third-order valence-electron chi connectivity index (χ3n) is 7.04. The van der Waals surface area contributed by atoms with Gasteiger partial charge in [0, 0.05) is 29.7 Å². The Bertz CT molecular complexity index is 1120. The molecule has 0 saturated heterocycles. The molecule has 2 heterocycles. The normalized spacial score (nSPS) is 26.9. The quantitative estimate of drug-likeness (QED) is 0.211. The zero-order valence-corrected chi connectivity index (χ0v) is 24.5. The van der Waals surface area contributed by atoms with Crippen LogP contribution in [0, 0.1) is 5.92 Å². The van der Waals surface area contributed by atoms with Gasteiger partial charge in [-0.25, -0.2) is 9.78 Å². The standard InChI is InChI=1S/C30H43NO8S/c1-6-17(2)12-18(3)26(35)20(5)27(36)28(37)25-11-9-7-8-10-22(33)14-24(34)23(15-32)29-31-21(16-40-29)13-19(4)30(38)39-25/h6-10,12-13,16,20,22-28,32-37H,11,14-15H2,1-5H3/b9-7?,10-8?,17-6+,18-12+,19-13?. The van der Waals surface area contributed by atoms with E-state index in [0.717, 1.165) is 5.57 Å². The number of aliphatic hydroxyl groups is 6. The molecule has 8 unspecified atom stereocenters. The lowest BCUT2D eigenvalue weighted by atomic mass is 9.87. The Balaban J connectivity index is 2.35. The number of ether oxygens (including phenoxy) is 1. The lowest BCUT2D eigenvalue weighted by Crippen LogP contribution is -2.46. The Hall–Kier alpha value is -2.44. The van der Waals surface area contributed by atoms with E-state index in [9.17, 15) is 35.4 Å². The van der Waals surface area contributed by atoms with Crippen LogP contribution in [0.25, 0.3) is 6.08 Å². The summed E-state index contributed by atoms with van der Waals surface area (Å²) < 4.78 is 5.62. The van der Waals surface area contributed by atoms with Gasteiger partial charge in [-0.15, -0.1) is 11.3 Å². The summed E-state index contributed by atoms with van der Waals surface area (Å²) in [7, 11) is 0. The Labute approximate surface area is 240 Å². The summed E-state index contributed by atoms with van der Waals surface area (Å²) in [5.41, 5.74) is 2.19. The van der Waals surface area contributed by atoms with Crippen molar-refractivity contribution in [2.45, 2.75) is 90.0 Å². The van der Waals surface area contributed by atoms with Crippen molar-refractivity contribution in [3.63, 3.8) is 0 Å². The van der Waals surface area contributed by atoms with Crippen LogP contribution in [0.4, 0.5) is 0 Å². The Kier molecular flexibility index (Phi) is 13.6. The van der Waals surface area contributed by atoms with Crippen LogP contribution >= 0.6 is 11.3 Å². The van der Waals surface area contributed by atoms with E-state index in [-0.39, 0.29) is 25.0 Å². The van der Waals surface area contributed by atoms with Gasteiger partial charge in [-0.05, 0) is 39.3 Å².